The Balaban J connectivity index is 2.32. The van der Waals surface area contributed by atoms with Gasteiger partial charge in [0.15, 0.2) is 0 Å². The van der Waals surface area contributed by atoms with E-state index < -0.39 is 0 Å². The molecule has 1 saturated heterocycles. The third-order valence-corrected chi connectivity index (χ3v) is 3.88. The smallest absolute Gasteiger partial charge is 0.0805 e. The molecule has 0 radical (unpaired) electrons. The van der Waals surface area contributed by atoms with Gasteiger partial charge in [-0.3, -0.25) is 0 Å². The third-order valence-electron chi connectivity index (χ3n) is 3.10. The van der Waals surface area contributed by atoms with E-state index in [0.29, 0.717) is 5.88 Å². The summed E-state index contributed by atoms with van der Waals surface area (Å²) in [6.45, 7) is 8.18. The predicted octanol–water partition coefficient (Wildman–Crippen LogP) is 4.19. The molecule has 0 bridgehead atoms. The zero-order valence-corrected chi connectivity index (χ0v) is 13.4. The van der Waals surface area contributed by atoms with Gasteiger partial charge in [0.05, 0.1) is 11.7 Å². The number of rotatable bonds is 2. The third kappa shape index (κ3) is 3.19. The number of anilines is 1. The number of benzene rings is 1. The van der Waals surface area contributed by atoms with Crippen molar-refractivity contribution in [3.05, 3.63) is 28.2 Å². The van der Waals surface area contributed by atoms with Crippen LogP contribution < -0.4 is 4.90 Å². The predicted molar refractivity (Wildman–Crippen MR) is 80.5 cm³/mol. The van der Waals surface area contributed by atoms with E-state index in [0.717, 1.165) is 17.6 Å². The summed E-state index contributed by atoms with van der Waals surface area (Å²) in [4.78, 5) is 2.37. The van der Waals surface area contributed by atoms with Gasteiger partial charge in [-0.15, -0.1) is 11.6 Å². The molecule has 2 rings (SSSR count). The lowest BCUT2D eigenvalue weighted by atomic mass is 10.0. The number of halogens is 2. The van der Waals surface area contributed by atoms with Gasteiger partial charge in [0.1, 0.15) is 0 Å². The highest BCUT2D eigenvalue weighted by atomic mass is 79.9. The summed E-state index contributed by atoms with van der Waals surface area (Å²) in [5.41, 5.74) is 2.26. The van der Waals surface area contributed by atoms with Crippen LogP contribution in [0.1, 0.15) is 26.3 Å². The molecule has 1 aromatic rings. The highest BCUT2D eigenvalue weighted by Crippen LogP contribution is 2.31. The first kappa shape index (κ1) is 14.2. The van der Waals surface area contributed by atoms with E-state index in [2.05, 4.69) is 53.7 Å². The first-order valence-electron chi connectivity index (χ1n) is 6.18. The average molecular weight is 333 g/mol. The number of hydrogen-bond donors (Lipinski definition) is 0. The van der Waals surface area contributed by atoms with Gasteiger partial charge >= 0.3 is 0 Å². The van der Waals surface area contributed by atoms with Crippen molar-refractivity contribution in [1.82, 2.24) is 0 Å². The summed E-state index contributed by atoms with van der Waals surface area (Å²) in [6, 6.07) is 6.27. The van der Waals surface area contributed by atoms with E-state index in [1.807, 2.05) is 6.07 Å². The van der Waals surface area contributed by atoms with Gasteiger partial charge in [-0.1, -0.05) is 22.0 Å². The number of nitrogens with zero attached hydrogens (tertiary/aromatic N) is 1. The molecule has 0 amide bonds. The molecule has 18 heavy (non-hydrogen) atoms. The van der Waals surface area contributed by atoms with Gasteiger partial charge in [-0.2, -0.15) is 0 Å². The Morgan fingerprint density at radius 2 is 2.22 bits per heavy atom. The first-order chi connectivity index (χ1) is 8.41. The molecule has 0 aromatic heterocycles. The van der Waals surface area contributed by atoms with E-state index in [9.17, 15) is 0 Å². The van der Waals surface area contributed by atoms with Crippen molar-refractivity contribution in [2.75, 3.05) is 18.0 Å². The number of ether oxygens (including phenoxy) is 1. The summed E-state index contributed by atoms with van der Waals surface area (Å²) in [6.07, 6.45) is 0.232. The Labute approximate surface area is 122 Å². The molecule has 0 aliphatic carbocycles. The second kappa shape index (κ2) is 5.40. The molecule has 0 saturated carbocycles. The van der Waals surface area contributed by atoms with E-state index >= 15 is 0 Å². The summed E-state index contributed by atoms with van der Waals surface area (Å²) >= 11 is 9.57. The maximum absolute atomic E-state index is 6.04. The molecule has 100 valence electrons. The Morgan fingerprint density at radius 1 is 1.50 bits per heavy atom. The van der Waals surface area contributed by atoms with Crippen molar-refractivity contribution in [2.45, 2.75) is 38.4 Å². The molecule has 2 nitrogen and oxygen atoms in total. The average Bonchev–Trinajstić information content (AvgIpc) is 2.26. The van der Waals surface area contributed by atoms with Crippen molar-refractivity contribution in [1.29, 1.82) is 0 Å². The topological polar surface area (TPSA) is 12.5 Å². The van der Waals surface area contributed by atoms with Crippen LogP contribution in [-0.4, -0.2) is 24.8 Å². The molecule has 1 aromatic carbocycles. The highest BCUT2D eigenvalue weighted by Gasteiger charge is 2.32. The van der Waals surface area contributed by atoms with Gasteiger partial charge in [0.2, 0.25) is 0 Å². The molecule has 0 spiro atoms. The van der Waals surface area contributed by atoms with Crippen molar-refractivity contribution in [2.24, 2.45) is 0 Å². The standard InChI is InChI=1S/C14H19BrClNO/c1-10-8-17(9-14(2,3)18-10)13-6-12(15)5-4-11(13)7-16/h4-6,10H,7-9H2,1-3H3. The molecular formula is C14H19BrClNO. The van der Waals surface area contributed by atoms with E-state index in [4.69, 9.17) is 16.3 Å². The Hall–Kier alpha value is -0.250. The van der Waals surface area contributed by atoms with Crippen LogP contribution in [0.4, 0.5) is 5.69 Å². The number of hydrogen-bond acceptors (Lipinski definition) is 2. The molecule has 1 aliphatic heterocycles. The van der Waals surface area contributed by atoms with Crippen molar-refractivity contribution >= 4 is 33.2 Å². The molecular weight excluding hydrogens is 314 g/mol. The van der Waals surface area contributed by atoms with E-state index in [1.165, 1.54) is 11.3 Å². The minimum Gasteiger partial charge on any atom is -0.369 e. The lowest BCUT2D eigenvalue weighted by Crippen LogP contribution is -2.52. The minimum absolute atomic E-state index is 0.121. The van der Waals surface area contributed by atoms with Crippen LogP contribution in [-0.2, 0) is 10.6 Å². The van der Waals surface area contributed by atoms with Crippen LogP contribution in [0.5, 0.6) is 0 Å². The van der Waals surface area contributed by atoms with Crippen molar-refractivity contribution in [3.8, 4) is 0 Å². The maximum atomic E-state index is 6.04. The van der Waals surface area contributed by atoms with E-state index in [-0.39, 0.29) is 11.7 Å². The lowest BCUT2D eigenvalue weighted by molar-refractivity contribution is -0.0750. The quantitative estimate of drug-likeness (QED) is 0.753. The zero-order chi connectivity index (χ0) is 13.3. The second-order valence-corrected chi connectivity index (χ2v) is 6.66. The summed E-state index contributed by atoms with van der Waals surface area (Å²) < 4.78 is 7.03. The highest BCUT2D eigenvalue weighted by molar-refractivity contribution is 9.10. The molecule has 0 N–H and O–H groups in total. The molecule has 1 fully saturated rings. The minimum atomic E-state index is -0.121. The first-order valence-corrected chi connectivity index (χ1v) is 7.51. The normalized spacial score (nSPS) is 23.2. The molecule has 1 aliphatic rings. The fourth-order valence-electron chi connectivity index (χ4n) is 2.58. The maximum Gasteiger partial charge on any atom is 0.0805 e. The Kier molecular flexibility index (Phi) is 4.25. The Morgan fingerprint density at radius 3 is 2.83 bits per heavy atom. The summed E-state index contributed by atoms with van der Waals surface area (Å²) in [5.74, 6) is 0.536. The molecule has 1 unspecified atom stereocenters. The Bertz CT molecular complexity index is 436. The monoisotopic (exact) mass is 331 g/mol. The SMILES string of the molecule is CC1CN(c2cc(Br)ccc2CCl)CC(C)(C)O1. The van der Waals surface area contributed by atoms with Crippen molar-refractivity contribution in [3.63, 3.8) is 0 Å². The van der Waals surface area contributed by atoms with Crippen LogP contribution in [0, 0.1) is 0 Å². The molecule has 1 heterocycles. The van der Waals surface area contributed by atoms with Crippen LogP contribution in [0.15, 0.2) is 22.7 Å². The van der Waals surface area contributed by atoms with Crippen LogP contribution in [0.25, 0.3) is 0 Å². The number of morpholine rings is 1. The van der Waals surface area contributed by atoms with Gasteiger partial charge < -0.3 is 9.64 Å². The largest absolute Gasteiger partial charge is 0.369 e. The molecule has 4 heteroatoms. The van der Waals surface area contributed by atoms with Crippen LogP contribution in [0.3, 0.4) is 0 Å². The van der Waals surface area contributed by atoms with Gasteiger partial charge in [-0.25, -0.2) is 0 Å². The summed E-state index contributed by atoms with van der Waals surface area (Å²) in [5, 5.41) is 0. The fourth-order valence-corrected chi connectivity index (χ4v) is 3.16. The molecule has 1 atom stereocenters. The van der Waals surface area contributed by atoms with Gasteiger partial charge in [-0.05, 0) is 38.5 Å². The second-order valence-electron chi connectivity index (χ2n) is 5.48. The van der Waals surface area contributed by atoms with Gasteiger partial charge in [0.25, 0.3) is 0 Å². The number of alkyl halides is 1. The fraction of sp³-hybridized carbons (Fsp3) is 0.571. The van der Waals surface area contributed by atoms with Crippen molar-refractivity contribution < 1.29 is 4.74 Å². The lowest BCUT2D eigenvalue weighted by Gasteiger charge is -2.43. The zero-order valence-electron chi connectivity index (χ0n) is 11.0. The van der Waals surface area contributed by atoms with E-state index in [1.54, 1.807) is 0 Å². The van der Waals surface area contributed by atoms with Crippen LogP contribution >= 0.6 is 27.5 Å². The van der Waals surface area contributed by atoms with Gasteiger partial charge in [0, 0.05) is 29.1 Å². The van der Waals surface area contributed by atoms with Crippen LogP contribution in [0.2, 0.25) is 0 Å². The summed E-state index contributed by atoms with van der Waals surface area (Å²) in [7, 11) is 0.